The molecule has 0 radical (unpaired) electrons. The average molecular weight is 374 g/mol. The molecule has 3 rings (SSSR count). The van der Waals surface area contributed by atoms with Gasteiger partial charge in [0.1, 0.15) is 0 Å². The van der Waals surface area contributed by atoms with Crippen LogP contribution in [0.3, 0.4) is 0 Å². The van der Waals surface area contributed by atoms with Gasteiger partial charge in [-0.25, -0.2) is 13.8 Å². The summed E-state index contributed by atoms with van der Waals surface area (Å²) in [7, 11) is 1.40. The van der Waals surface area contributed by atoms with Crippen molar-refractivity contribution in [2.45, 2.75) is 6.61 Å². The number of aromatic nitrogens is 5. The van der Waals surface area contributed by atoms with Crippen LogP contribution in [-0.4, -0.2) is 31.3 Å². The molecule has 0 aliphatic carbocycles. The normalized spacial score (nSPS) is 11.2. The molecular formula is C14H8ClF4N5O. The highest BCUT2D eigenvalue weighted by Crippen LogP contribution is 2.33. The number of rotatable bonds is 4. The van der Waals surface area contributed by atoms with Crippen molar-refractivity contribution in [3.05, 3.63) is 41.3 Å². The Labute approximate surface area is 143 Å². The van der Waals surface area contributed by atoms with E-state index in [1.807, 2.05) is 0 Å². The van der Waals surface area contributed by atoms with Crippen LogP contribution in [0.25, 0.3) is 22.8 Å². The molecule has 6 nitrogen and oxygen atoms in total. The van der Waals surface area contributed by atoms with Gasteiger partial charge < -0.3 is 9.30 Å². The first-order valence-corrected chi connectivity index (χ1v) is 7.05. The van der Waals surface area contributed by atoms with Crippen LogP contribution in [0.4, 0.5) is 17.6 Å². The second-order valence-corrected chi connectivity index (χ2v) is 5.21. The quantitative estimate of drug-likeness (QED) is 0.655. The molecule has 11 heteroatoms. The second kappa shape index (κ2) is 6.63. The third-order valence-corrected chi connectivity index (χ3v) is 3.42. The summed E-state index contributed by atoms with van der Waals surface area (Å²) < 4.78 is 58.4. The predicted molar refractivity (Wildman–Crippen MR) is 79.0 cm³/mol. The Morgan fingerprint density at radius 2 is 1.72 bits per heavy atom. The second-order valence-electron chi connectivity index (χ2n) is 4.77. The SMILES string of the molecule is Cn1c(-c2cc(Cl)cnc2OC(F)F)nnc1-c1c(F)cncc1F. The lowest BCUT2D eigenvalue weighted by Crippen LogP contribution is -2.06. The van der Waals surface area contributed by atoms with Gasteiger partial charge >= 0.3 is 6.61 Å². The van der Waals surface area contributed by atoms with E-state index in [-0.39, 0.29) is 22.2 Å². The third kappa shape index (κ3) is 3.25. The predicted octanol–water partition coefficient (Wildman–Crippen LogP) is 3.47. The summed E-state index contributed by atoms with van der Waals surface area (Å²) in [6, 6.07) is 1.28. The monoisotopic (exact) mass is 373 g/mol. The van der Waals surface area contributed by atoms with Crippen molar-refractivity contribution >= 4 is 11.6 Å². The number of hydrogen-bond acceptors (Lipinski definition) is 5. The molecule has 3 aromatic rings. The molecule has 3 heterocycles. The van der Waals surface area contributed by atoms with E-state index < -0.39 is 29.7 Å². The topological polar surface area (TPSA) is 65.7 Å². The lowest BCUT2D eigenvalue weighted by atomic mass is 10.2. The summed E-state index contributed by atoms with van der Waals surface area (Å²) in [5.41, 5.74) is -0.466. The minimum atomic E-state index is -3.13. The van der Waals surface area contributed by atoms with Crippen molar-refractivity contribution in [2.75, 3.05) is 0 Å². The van der Waals surface area contributed by atoms with Gasteiger partial charge in [-0.3, -0.25) is 4.98 Å². The molecule has 0 unspecified atom stereocenters. The van der Waals surface area contributed by atoms with Crippen molar-refractivity contribution < 1.29 is 22.3 Å². The van der Waals surface area contributed by atoms with Gasteiger partial charge in [0, 0.05) is 13.2 Å². The highest BCUT2D eigenvalue weighted by Gasteiger charge is 2.23. The van der Waals surface area contributed by atoms with Crippen LogP contribution in [0, 0.1) is 11.6 Å². The molecule has 0 atom stereocenters. The molecule has 0 spiro atoms. The van der Waals surface area contributed by atoms with Crippen LogP contribution >= 0.6 is 11.6 Å². The zero-order valence-electron chi connectivity index (χ0n) is 12.4. The minimum absolute atomic E-state index is 0.0103. The standard InChI is InChI=1S/C14H8ClF4N5O/c1-24-11(7-2-6(15)3-21-13(7)25-14(18)19)22-23-12(24)10-8(16)4-20-5-9(10)17/h2-5,14H,1H3. The largest absolute Gasteiger partial charge is 0.416 e. The maximum absolute atomic E-state index is 13.9. The molecule has 25 heavy (non-hydrogen) atoms. The van der Waals surface area contributed by atoms with Gasteiger partial charge in [0.25, 0.3) is 0 Å². The van der Waals surface area contributed by atoms with Crippen LogP contribution in [0.1, 0.15) is 0 Å². The van der Waals surface area contributed by atoms with E-state index in [0.29, 0.717) is 0 Å². The summed E-state index contributed by atoms with van der Waals surface area (Å²) >= 11 is 5.84. The fraction of sp³-hybridized carbons (Fsp3) is 0.143. The maximum Gasteiger partial charge on any atom is 0.388 e. The molecule has 0 saturated carbocycles. The number of ether oxygens (including phenoxy) is 1. The average Bonchev–Trinajstić information content (AvgIpc) is 2.90. The van der Waals surface area contributed by atoms with Gasteiger partial charge in [0.2, 0.25) is 5.88 Å². The summed E-state index contributed by atoms with van der Waals surface area (Å²) in [6.45, 7) is -3.13. The van der Waals surface area contributed by atoms with Crippen molar-refractivity contribution in [2.24, 2.45) is 7.05 Å². The molecule has 0 amide bonds. The lowest BCUT2D eigenvalue weighted by molar-refractivity contribution is -0.0524. The van der Waals surface area contributed by atoms with Crippen molar-refractivity contribution in [3.63, 3.8) is 0 Å². The van der Waals surface area contributed by atoms with E-state index in [4.69, 9.17) is 11.6 Å². The van der Waals surface area contributed by atoms with Gasteiger partial charge in [-0.05, 0) is 6.07 Å². The minimum Gasteiger partial charge on any atom is -0.416 e. The fourth-order valence-corrected chi connectivity index (χ4v) is 2.33. The Balaban J connectivity index is 2.16. The smallest absolute Gasteiger partial charge is 0.388 e. The van der Waals surface area contributed by atoms with Gasteiger partial charge in [0.15, 0.2) is 23.3 Å². The Hall–Kier alpha value is -2.75. The van der Waals surface area contributed by atoms with Gasteiger partial charge in [-0.2, -0.15) is 8.78 Å². The van der Waals surface area contributed by atoms with Crippen LogP contribution in [0.15, 0.2) is 24.7 Å². The Morgan fingerprint density at radius 3 is 2.36 bits per heavy atom. The molecule has 0 aliphatic rings. The van der Waals surface area contributed by atoms with E-state index in [0.717, 1.165) is 18.6 Å². The zero-order valence-corrected chi connectivity index (χ0v) is 13.2. The molecule has 0 aliphatic heterocycles. The van der Waals surface area contributed by atoms with Crippen LogP contribution < -0.4 is 4.74 Å². The molecular weight excluding hydrogens is 366 g/mol. The molecule has 0 saturated heterocycles. The zero-order chi connectivity index (χ0) is 18.1. The molecule has 0 fully saturated rings. The molecule has 0 N–H and O–H groups in total. The maximum atomic E-state index is 13.9. The van der Waals surface area contributed by atoms with E-state index in [2.05, 4.69) is 24.9 Å². The number of halogens is 5. The molecule has 130 valence electrons. The van der Waals surface area contributed by atoms with E-state index in [9.17, 15) is 17.6 Å². The summed E-state index contributed by atoms with van der Waals surface area (Å²) in [5, 5.41) is 7.64. The first-order chi connectivity index (χ1) is 11.9. The lowest BCUT2D eigenvalue weighted by Gasteiger charge is -2.10. The molecule has 0 bridgehead atoms. The van der Waals surface area contributed by atoms with E-state index in [1.165, 1.54) is 17.7 Å². The van der Waals surface area contributed by atoms with E-state index >= 15 is 0 Å². The van der Waals surface area contributed by atoms with Crippen molar-refractivity contribution in [1.29, 1.82) is 0 Å². The van der Waals surface area contributed by atoms with Crippen LogP contribution in [-0.2, 0) is 7.05 Å². The highest BCUT2D eigenvalue weighted by molar-refractivity contribution is 6.30. The Kier molecular flexibility index (Phi) is 4.53. The summed E-state index contributed by atoms with van der Waals surface area (Å²) in [6.07, 6.45) is 2.75. The molecule has 0 aromatic carbocycles. The third-order valence-electron chi connectivity index (χ3n) is 3.21. The van der Waals surface area contributed by atoms with Crippen LogP contribution in [0.5, 0.6) is 5.88 Å². The van der Waals surface area contributed by atoms with Crippen LogP contribution in [0.2, 0.25) is 5.02 Å². The Bertz CT molecular complexity index is 913. The fourth-order valence-electron chi connectivity index (χ4n) is 2.17. The summed E-state index contributed by atoms with van der Waals surface area (Å²) in [4.78, 5) is 7.06. The molecule has 3 aromatic heterocycles. The number of nitrogens with zero attached hydrogens (tertiary/aromatic N) is 5. The summed E-state index contributed by atoms with van der Waals surface area (Å²) in [5.74, 6) is -2.53. The van der Waals surface area contributed by atoms with Crippen molar-refractivity contribution in [1.82, 2.24) is 24.7 Å². The highest BCUT2D eigenvalue weighted by atomic mass is 35.5. The number of hydrogen-bond donors (Lipinski definition) is 0. The first-order valence-electron chi connectivity index (χ1n) is 6.68. The van der Waals surface area contributed by atoms with E-state index in [1.54, 1.807) is 0 Å². The number of alkyl halides is 2. The number of pyridine rings is 2. The Morgan fingerprint density at radius 1 is 1.08 bits per heavy atom. The van der Waals surface area contributed by atoms with Gasteiger partial charge in [-0.15, -0.1) is 10.2 Å². The first kappa shape index (κ1) is 17.1. The van der Waals surface area contributed by atoms with Gasteiger partial charge in [-0.1, -0.05) is 11.6 Å². The van der Waals surface area contributed by atoms with Crippen molar-refractivity contribution in [3.8, 4) is 28.7 Å². The van der Waals surface area contributed by atoms with Gasteiger partial charge in [0.05, 0.1) is 28.5 Å².